The molecule has 2 saturated carbocycles. The van der Waals surface area contributed by atoms with Gasteiger partial charge in [-0.15, -0.1) is 11.8 Å². The van der Waals surface area contributed by atoms with Crippen molar-refractivity contribution in [3.8, 4) is 11.5 Å². The fourth-order valence-electron chi connectivity index (χ4n) is 5.95. The zero-order valence-electron chi connectivity index (χ0n) is 17.4. The molecule has 31 heavy (non-hydrogen) atoms. The highest BCUT2D eigenvalue weighted by Gasteiger charge is 2.54. The zero-order chi connectivity index (χ0) is 20.9. The van der Waals surface area contributed by atoms with Gasteiger partial charge in [-0.2, -0.15) is 0 Å². The molecule has 2 bridgehead atoms. The second-order valence-corrected chi connectivity index (χ2v) is 11.1. The highest BCUT2D eigenvalue weighted by atomic mass is 32.2. The predicted molar refractivity (Wildman–Crippen MR) is 125 cm³/mol. The van der Waals surface area contributed by atoms with Crippen LogP contribution in [0.2, 0.25) is 0 Å². The SMILES string of the molecule is COc1cc([C@H]2c3sc(=O)[nH]c3SC3C2[C@@H]2CC[C@H]3C2)ccc1OCc1ccccc1. The lowest BCUT2D eigenvalue weighted by Crippen LogP contribution is -2.33. The Morgan fingerprint density at radius 3 is 2.74 bits per heavy atom. The Labute approximate surface area is 190 Å². The fourth-order valence-corrected chi connectivity index (χ4v) is 8.85. The van der Waals surface area contributed by atoms with E-state index in [1.165, 1.54) is 41.0 Å². The highest BCUT2D eigenvalue weighted by Crippen LogP contribution is 2.63. The van der Waals surface area contributed by atoms with E-state index >= 15 is 0 Å². The summed E-state index contributed by atoms with van der Waals surface area (Å²) in [6.45, 7) is 0.509. The van der Waals surface area contributed by atoms with Crippen molar-refractivity contribution in [3.63, 3.8) is 0 Å². The largest absolute Gasteiger partial charge is 0.493 e. The van der Waals surface area contributed by atoms with Gasteiger partial charge in [-0.1, -0.05) is 47.7 Å². The molecule has 1 aromatic heterocycles. The third kappa shape index (κ3) is 3.31. The van der Waals surface area contributed by atoms with E-state index in [9.17, 15) is 4.79 Å². The first kappa shape index (κ1) is 19.5. The average molecular weight is 452 g/mol. The first-order valence-corrected chi connectivity index (χ1v) is 12.6. The fraction of sp³-hybridized carbons (Fsp3) is 0.400. The number of methoxy groups -OCH3 is 1. The minimum absolute atomic E-state index is 0.0598. The monoisotopic (exact) mass is 451 g/mol. The molecule has 0 saturated heterocycles. The smallest absolute Gasteiger partial charge is 0.305 e. The maximum atomic E-state index is 12.2. The maximum Gasteiger partial charge on any atom is 0.305 e. The molecule has 0 spiro atoms. The molecule has 0 radical (unpaired) electrons. The molecule has 5 atom stereocenters. The van der Waals surface area contributed by atoms with Crippen molar-refractivity contribution < 1.29 is 9.47 Å². The summed E-state index contributed by atoms with van der Waals surface area (Å²) in [6, 6.07) is 16.5. The third-order valence-electron chi connectivity index (χ3n) is 7.25. The number of aromatic amines is 1. The van der Waals surface area contributed by atoms with E-state index in [-0.39, 0.29) is 10.8 Å². The van der Waals surface area contributed by atoms with Crippen molar-refractivity contribution in [2.75, 3.05) is 7.11 Å². The predicted octanol–water partition coefficient (Wildman–Crippen LogP) is 5.68. The Bertz CT molecular complexity index is 1160. The number of hydrogen-bond donors (Lipinski definition) is 1. The van der Waals surface area contributed by atoms with Gasteiger partial charge >= 0.3 is 4.87 Å². The van der Waals surface area contributed by atoms with Crippen molar-refractivity contribution in [2.24, 2.45) is 17.8 Å². The number of ether oxygens (including phenoxy) is 2. The van der Waals surface area contributed by atoms with Gasteiger partial charge in [0.2, 0.25) is 0 Å². The van der Waals surface area contributed by atoms with Crippen molar-refractivity contribution in [1.29, 1.82) is 0 Å². The molecule has 2 aromatic carbocycles. The molecule has 4 nitrogen and oxygen atoms in total. The van der Waals surface area contributed by atoms with Crippen LogP contribution in [0, 0.1) is 17.8 Å². The molecule has 3 aromatic rings. The molecule has 6 rings (SSSR count). The van der Waals surface area contributed by atoms with Crippen LogP contribution in [0.25, 0.3) is 0 Å². The molecule has 2 heterocycles. The van der Waals surface area contributed by atoms with Gasteiger partial charge in [-0.3, -0.25) is 4.79 Å². The first-order chi connectivity index (χ1) is 15.2. The molecular weight excluding hydrogens is 426 g/mol. The summed E-state index contributed by atoms with van der Waals surface area (Å²) >= 11 is 3.32. The zero-order valence-corrected chi connectivity index (χ0v) is 19.0. The number of nitrogens with one attached hydrogen (secondary N) is 1. The van der Waals surface area contributed by atoms with Crippen LogP contribution < -0.4 is 14.3 Å². The van der Waals surface area contributed by atoms with Gasteiger partial charge in [-0.05, 0) is 60.3 Å². The van der Waals surface area contributed by atoms with Crippen LogP contribution in [0.3, 0.4) is 0 Å². The lowest BCUT2D eigenvalue weighted by molar-refractivity contribution is 0.282. The van der Waals surface area contributed by atoms with E-state index in [1.807, 2.05) is 36.0 Å². The summed E-state index contributed by atoms with van der Waals surface area (Å²) in [7, 11) is 1.70. The number of hydrogen-bond acceptors (Lipinski definition) is 5. The Hall–Kier alpha value is -2.18. The van der Waals surface area contributed by atoms with Crippen LogP contribution in [-0.2, 0) is 6.61 Å². The number of benzene rings is 2. The van der Waals surface area contributed by atoms with Gasteiger partial charge in [-0.25, -0.2) is 0 Å². The Balaban J connectivity index is 1.35. The van der Waals surface area contributed by atoms with Crippen LogP contribution >= 0.6 is 23.1 Å². The minimum atomic E-state index is 0.0598. The topological polar surface area (TPSA) is 51.3 Å². The first-order valence-electron chi connectivity index (χ1n) is 11.0. The van der Waals surface area contributed by atoms with Crippen molar-refractivity contribution in [2.45, 2.75) is 42.1 Å². The van der Waals surface area contributed by atoms with E-state index in [0.29, 0.717) is 17.8 Å². The van der Waals surface area contributed by atoms with Gasteiger partial charge in [0, 0.05) is 16.0 Å². The Morgan fingerprint density at radius 2 is 1.90 bits per heavy atom. The van der Waals surface area contributed by atoms with E-state index in [4.69, 9.17) is 9.47 Å². The molecule has 0 amide bonds. The van der Waals surface area contributed by atoms with Gasteiger partial charge in [0.15, 0.2) is 11.5 Å². The summed E-state index contributed by atoms with van der Waals surface area (Å²) in [4.78, 5) is 16.6. The number of rotatable bonds is 5. The number of thioether (sulfide) groups is 1. The average Bonchev–Trinajstić information content (AvgIpc) is 3.51. The number of thiazole rings is 1. The summed E-state index contributed by atoms with van der Waals surface area (Å²) in [6.07, 6.45) is 4.01. The maximum absolute atomic E-state index is 12.2. The number of aromatic nitrogens is 1. The standard InChI is InChI=1S/C25H25NO3S2/c1-28-19-12-16(9-10-18(19)29-13-14-5-3-2-4-6-14)21-20-15-7-8-17(11-15)22(20)30-24-23(21)31-25(27)26-24/h2-6,9-10,12,15,17,20-22H,7-8,11,13H2,1H3,(H,26,27)/t15-,17+,20?,21-,22?/m1/s1. The molecule has 6 heteroatoms. The molecule has 160 valence electrons. The summed E-state index contributed by atoms with van der Waals surface area (Å²) in [5.41, 5.74) is 2.37. The second-order valence-electron chi connectivity index (χ2n) is 8.86. The summed E-state index contributed by atoms with van der Waals surface area (Å²) in [5.74, 6) is 3.93. The van der Waals surface area contributed by atoms with Gasteiger partial charge < -0.3 is 14.5 Å². The third-order valence-corrected chi connectivity index (χ3v) is 9.87. The van der Waals surface area contributed by atoms with Crippen molar-refractivity contribution in [3.05, 3.63) is 74.2 Å². The number of H-pyrrole nitrogens is 1. The van der Waals surface area contributed by atoms with Crippen LogP contribution in [-0.4, -0.2) is 17.3 Å². The molecule has 3 aliphatic rings. The van der Waals surface area contributed by atoms with Gasteiger partial charge in [0.1, 0.15) is 6.61 Å². The van der Waals surface area contributed by atoms with Crippen molar-refractivity contribution >= 4 is 23.1 Å². The number of fused-ring (bicyclic) bond motifs is 6. The summed E-state index contributed by atoms with van der Waals surface area (Å²) in [5, 5.41) is 1.71. The molecule has 2 fully saturated rings. The van der Waals surface area contributed by atoms with Gasteiger partial charge in [0.05, 0.1) is 12.1 Å². The van der Waals surface area contributed by atoms with Gasteiger partial charge in [0.25, 0.3) is 0 Å². The molecular formula is C25H25NO3S2. The Kier molecular flexibility index (Phi) is 4.87. The summed E-state index contributed by atoms with van der Waals surface area (Å²) < 4.78 is 11.8. The van der Waals surface area contributed by atoms with Crippen LogP contribution in [0.4, 0.5) is 0 Å². The van der Waals surface area contributed by atoms with Crippen molar-refractivity contribution in [1.82, 2.24) is 4.98 Å². The van der Waals surface area contributed by atoms with E-state index < -0.39 is 0 Å². The van der Waals surface area contributed by atoms with Crippen LogP contribution in [0.5, 0.6) is 11.5 Å². The van der Waals surface area contributed by atoms with E-state index in [2.05, 4.69) is 29.2 Å². The molecule has 2 aliphatic carbocycles. The minimum Gasteiger partial charge on any atom is -0.493 e. The second kappa shape index (κ2) is 7.75. The Morgan fingerprint density at radius 1 is 1.06 bits per heavy atom. The van der Waals surface area contributed by atoms with E-state index in [1.54, 1.807) is 7.11 Å². The molecule has 1 aliphatic heterocycles. The van der Waals surface area contributed by atoms with E-state index in [0.717, 1.165) is 33.9 Å². The normalized spacial score (nSPS) is 28.2. The van der Waals surface area contributed by atoms with Crippen LogP contribution in [0.15, 0.2) is 58.4 Å². The van der Waals surface area contributed by atoms with Crippen LogP contribution in [0.1, 0.15) is 41.2 Å². The quantitative estimate of drug-likeness (QED) is 0.543. The molecule has 1 N–H and O–H groups in total. The lowest BCUT2D eigenvalue weighted by Gasteiger charge is -2.40. The molecule has 2 unspecified atom stereocenters. The highest BCUT2D eigenvalue weighted by molar-refractivity contribution is 8.00. The lowest BCUT2D eigenvalue weighted by atomic mass is 9.75.